The van der Waals surface area contributed by atoms with Crippen molar-refractivity contribution >= 4 is 23.4 Å². The van der Waals surface area contributed by atoms with Gasteiger partial charge in [0.2, 0.25) is 0 Å². The lowest BCUT2D eigenvalue weighted by Crippen LogP contribution is -2.16. The lowest BCUT2D eigenvalue weighted by molar-refractivity contribution is 0.538. The Bertz CT molecular complexity index is 538. The molecule has 0 saturated carbocycles. The van der Waals surface area contributed by atoms with E-state index in [1.165, 1.54) is 0 Å². The molecule has 2 aromatic rings. The molecule has 0 amide bonds. The minimum atomic E-state index is -0.113. The Hall–Kier alpha value is -1.13. The van der Waals surface area contributed by atoms with Crippen LogP contribution in [0.1, 0.15) is 26.6 Å². The van der Waals surface area contributed by atoms with Gasteiger partial charge in [-0.05, 0) is 12.1 Å². The van der Waals surface area contributed by atoms with Crippen LogP contribution in [0.4, 0.5) is 0 Å². The molecule has 0 aliphatic rings. The lowest BCUT2D eigenvalue weighted by atomic mass is 9.96. The number of halogens is 1. The Labute approximate surface area is 116 Å². The van der Waals surface area contributed by atoms with E-state index in [0.717, 1.165) is 15.7 Å². The standard InChI is InChI=1S/C13H14ClN3S/c1-13(2,3)12-16-10(14)8-11(17-12)18-9-4-6-15-7-5-9/h4-8H,1-3H3. The van der Waals surface area contributed by atoms with E-state index in [9.17, 15) is 0 Å². The van der Waals surface area contributed by atoms with Crippen molar-refractivity contribution in [2.24, 2.45) is 0 Å². The summed E-state index contributed by atoms with van der Waals surface area (Å²) in [6, 6.07) is 5.66. The van der Waals surface area contributed by atoms with Crippen LogP contribution in [0, 0.1) is 0 Å². The summed E-state index contributed by atoms with van der Waals surface area (Å²) in [4.78, 5) is 13.9. The molecule has 2 aromatic heterocycles. The average Bonchev–Trinajstić information content (AvgIpc) is 2.28. The SMILES string of the molecule is CC(C)(C)c1nc(Cl)cc(Sc2ccncc2)n1. The molecule has 0 aliphatic heterocycles. The minimum Gasteiger partial charge on any atom is -0.265 e. The number of hydrogen-bond acceptors (Lipinski definition) is 4. The third-order valence-corrected chi connectivity index (χ3v) is 3.33. The predicted molar refractivity (Wildman–Crippen MR) is 74.1 cm³/mol. The molecular formula is C13H14ClN3S. The van der Waals surface area contributed by atoms with Gasteiger partial charge < -0.3 is 0 Å². The molecule has 18 heavy (non-hydrogen) atoms. The van der Waals surface area contributed by atoms with Crippen molar-refractivity contribution in [3.05, 3.63) is 41.6 Å². The maximum atomic E-state index is 6.05. The van der Waals surface area contributed by atoms with Crippen molar-refractivity contribution in [1.29, 1.82) is 0 Å². The maximum absolute atomic E-state index is 6.05. The Kier molecular flexibility index (Phi) is 3.88. The molecule has 0 unspecified atom stereocenters. The highest BCUT2D eigenvalue weighted by Crippen LogP contribution is 2.29. The molecule has 0 bridgehead atoms. The van der Waals surface area contributed by atoms with E-state index in [0.29, 0.717) is 5.15 Å². The van der Waals surface area contributed by atoms with Crippen LogP contribution in [-0.2, 0) is 5.41 Å². The van der Waals surface area contributed by atoms with Crippen molar-refractivity contribution in [3.8, 4) is 0 Å². The third-order valence-electron chi connectivity index (χ3n) is 2.21. The highest BCUT2D eigenvalue weighted by atomic mass is 35.5. The Morgan fingerprint density at radius 1 is 1.11 bits per heavy atom. The van der Waals surface area contributed by atoms with Gasteiger partial charge in [0, 0.05) is 28.8 Å². The number of hydrogen-bond donors (Lipinski definition) is 0. The molecule has 0 aliphatic carbocycles. The monoisotopic (exact) mass is 279 g/mol. The normalized spacial score (nSPS) is 11.6. The van der Waals surface area contributed by atoms with Gasteiger partial charge in [0.1, 0.15) is 16.0 Å². The van der Waals surface area contributed by atoms with Crippen molar-refractivity contribution in [2.75, 3.05) is 0 Å². The fraction of sp³-hybridized carbons (Fsp3) is 0.308. The summed E-state index contributed by atoms with van der Waals surface area (Å²) in [5.74, 6) is 0.756. The molecule has 0 atom stereocenters. The van der Waals surface area contributed by atoms with Gasteiger partial charge in [-0.15, -0.1) is 0 Å². The first-order valence-corrected chi connectivity index (χ1v) is 6.77. The molecule has 0 radical (unpaired) electrons. The van der Waals surface area contributed by atoms with Gasteiger partial charge in [-0.25, -0.2) is 9.97 Å². The number of aromatic nitrogens is 3. The van der Waals surface area contributed by atoms with E-state index < -0.39 is 0 Å². The second-order valence-corrected chi connectivity index (χ2v) is 6.37. The van der Waals surface area contributed by atoms with Crippen LogP contribution in [0.25, 0.3) is 0 Å². The molecule has 2 heterocycles. The van der Waals surface area contributed by atoms with E-state index in [-0.39, 0.29) is 5.41 Å². The van der Waals surface area contributed by atoms with Crippen LogP contribution in [-0.4, -0.2) is 15.0 Å². The van der Waals surface area contributed by atoms with Crippen LogP contribution >= 0.6 is 23.4 Å². The van der Waals surface area contributed by atoms with Gasteiger partial charge in [0.05, 0.1) is 0 Å². The van der Waals surface area contributed by atoms with Crippen LogP contribution < -0.4 is 0 Å². The fourth-order valence-electron chi connectivity index (χ4n) is 1.31. The van der Waals surface area contributed by atoms with Gasteiger partial charge >= 0.3 is 0 Å². The molecule has 2 rings (SSSR count). The first-order chi connectivity index (χ1) is 8.45. The molecule has 0 saturated heterocycles. The summed E-state index contributed by atoms with van der Waals surface area (Å²) in [5.41, 5.74) is -0.113. The molecule has 0 spiro atoms. The molecule has 0 N–H and O–H groups in total. The Balaban J connectivity index is 2.32. The molecular weight excluding hydrogens is 266 g/mol. The van der Waals surface area contributed by atoms with Gasteiger partial charge in [0.15, 0.2) is 0 Å². The smallest absolute Gasteiger partial charge is 0.136 e. The highest BCUT2D eigenvalue weighted by molar-refractivity contribution is 7.99. The molecule has 0 aromatic carbocycles. The topological polar surface area (TPSA) is 38.7 Å². The van der Waals surface area contributed by atoms with Gasteiger partial charge in [-0.2, -0.15) is 0 Å². The number of nitrogens with zero attached hydrogens (tertiary/aromatic N) is 3. The maximum Gasteiger partial charge on any atom is 0.136 e. The van der Waals surface area contributed by atoms with E-state index in [2.05, 4.69) is 35.7 Å². The van der Waals surface area contributed by atoms with Gasteiger partial charge in [-0.1, -0.05) is 44.1 Å². The number of pyridine rings is 1. The Morgan fingerprint density at radius 3 is 2.39 bits per heavy atom. The highest BCUT2D eigenvalue weighted by Gasteiger charge is 2.19. The lowest BCUT2D eigenvalue weighted by Gasteiger charge is -2.17. The van der Waals surface area contributed by atoms with Gasteiger partial charge in [-0.3, -0.25) is 4.98 Å². The zero-order valence-corrected chi connectivity index (χ0v) is 12.1. The molecule has 94 valence electrons. The summed E-state index contributed by atoms with van der Waals surface area (Å²) in [7, 11) is 0. The van der Waals surface area contributed by atoms with Crippen molar-refractivity contribution in [3.63, 3.8) is 0 Å². The molecule has 0 fully saturated rings. The summed E-state index contributed by atoms with van der Waals surface area (Å²) in [6.07, 6.45) is 3.52. The van der Waals surface area contributed by atoms with E-state index in [1.54, 1.807) is 30.2 Å². The van der Waals surface area contributed by atoms with E-state index in [1.807, 2.05) is 12.1 Å². The quantitative estimate of drug-likeness (QED) is 0.780. The third kappa shape index (κ3) is 3.43. The average molecular weight is 280 g/mol. The van der Waals surface area contributed by atoms with Crippen LogP contribution in [0.5, 0.6) is 0 Å². The summed E-state index contributed by atoms with van der Waals surface area (Å²) in [5, 5.41) is 1.33. The zero-order valence-electron chi connectivity index (χ0n) is 10.5. The molecule has 3 nitrogen and oxygen atoms in total. The fourth-order valence-corrected chi connectivity index (χ4v) is 2.36. The van der Waals surface area contributed by atoms with Crippen molar-refractivity contribution in [1.82, 2.24) is 15.0 Å². The van der Waals surface area contributed by atoms with Crippen LogP contribution in [0.3, 0.4) is 0 Å². The van der Waals surface area contributed by atoms with Crippen molar-refractivity contribution in [2.45, 2.75) is 36.1 Å². The minimum absolute atomic E-state index is 0.113. The number of rotatable bonds is 2. The zero-order chi connectivity index (χ0) is 13.2. The van der Waals surface area contributed by atoms with E-state index in [4.69, 9.17) is 11.6 Å². The van der Waals surface area contributed by atoms with Crippen LogP contribution in [0.15, 0.2) is 40.5 Å². The first kappa shape index (κ1) is 13.3. The first-order valence-electron chi connectivity index (χ1n) is 5.58. The Morgan fingerprint density at radius 2 is 1.78 bits per heavy atom. The largest absolute Gasteiger partial charge is 0.265 e. The summed E-state index contributed by atoms with van der Waals surface area (Å²) >= 11 is 7.60. The van der Waals surface area contributed by atoms with Crippen LogP contribution in [0.2, 0.25) is 5.15 Å². The van der Waals surface area contributed by atoms with E-state index >= 15 is 0 Å². The summed E-state index contributed by atoms with van der Waals surface area (Å²) < 4.78 is 0. The van der Waals surface area contributed by atoms with Gasteiger partial charge in [0.25, 0.3) is 0 Å². The van der Waals surface area contributed by atoms with Crippen molar-refractivity contribution < 1.29 is 0 Å². The second-order valence-electron chi connectivity index (χ2n) is 4.89. The predicted octanol–water partition coefficient (Wildman–Crippen LogP) is 3.97. The second kappa shape index (κ2) is 5.24. The summed E-state index contributed by atoms with van der Waals surface area (Å²) in [6.45, 7) is 6.21. The molecule has 5 heteroatoms.